The summed E-state index contributed by atoms with van der Waals surface area (Å²) in [6.07, 6.45) is 3.02. The highest BCUT2D eigenvalue weighted by Gasteiger charge is 2.43. The molecular weight excluding hydrogens is 299 g/mol. The smallest absolute Gasteiger partial charge is 0.255 e. The van der Waals surface area contributed by atoms with Crippen molar-refractivity contribution in [2.75, 3.05) is 5.73 Å². The molecule has 2 heterocycles. The second kappa shape index (κ2) is 5.80. The molecule has 2 aliphatic rings. The summed E-state index contributed by atoms with van der Waals surface area (Å²) in [5.74, 6) is -0.0376. The lowest BCUT2D eigenvalue weighted by Gasteiger charge is -2.37. The molecule has 3 rings (SSSR count). The molecule has 6 heteroatoms. The predicted molar refractivity (Wildman–Crippen MR) is 81.3 cm³/mol. The van der Waals surface area contributed by atoms with Crippen LogP contribution in [0, 0.1) is 0 Å². The Hall–Kier alpha value is -0.970. The molecule has 0 saturated carbocycles. The first-order valence-corrected chi connectivity index (χ1v) is 7.00. The van der Waals surface area contributed by atoms with Crippen LogP contribution >= 0.6 is 24.0 Å². The van der Waals surface area contributed by atoms with Crippen LogP contribution in [0.15, 0.2) is 18.2 Å². The quantitative estimate of drug-likeness (QED) is 0.782. The van der Waals surface area contributed by atoms with Gasteiger partial charge in [0.15, 0.2) is 0 Å². The third-order valence-electron chi connectivity index (χ3n) is 4.17. The van der Waals surface area contributed by atoms with E-state index in [1.807, 2.05) is 4.90 Å². The Morgan fingerprint density at radius 1 is 1.30 bits per heavy atom. The summed E-state index contributed by atoms with van der Waals surface area (Å²) in [6, 6.07) is 5.28. The fraction of sp³-hybridized carbons (Fsp3) is 0.500. The number of nitrogens with two attached hydrogens (primary N) is 1. The fourth-order valence-corrected chi connectivity index (χ4v) is 3.59. The van der Waals surface area contributed by atoms with Crippen LogP contribution in [0.3, 0.4) is 0 Å². The monoisotopic (exact) mass is 316 g/mol. The van der Waals surface area contributed by atoms with Gasteiger partial charge in [0.1, 0.15) is 0 Å². The van der Waals surface area contributed by atoms with E-state index >= 15 is 0 Å². The van der Waals surface area contributed by atoms with Crippen molar-refractivity contribution in [3.63, 3.8) is 0 Å². The molecule has 1 aromatic rings. The SMILES string of the molecule is Cl.Nc1ccc(C(=O)N2C3CCC2CC(O)C3)c(Cl)c1. The van der Waals surface area contributed by atoms with Crippen LogP contribution in [0.4, 0.5) is 5.69 Å². The highest BCUT2D eigenvalue weighted by molar-refractivity contribution is 6.34. The first-order chi connectivity index (χ1) is 9.06. The van der Waals surface area contributed by atoms with E-state index in [1.165, 1.54) is 0 Å². The van der Waals surface area contributed by atoms with Crippen molar-refractivity contribution in [3.05, 3.63) is 28.8 Å². The Kier molecular flexibility index (Phi) is 4.47. The van der Waals surface area contributed by atoms with Crippen LogP contribution in [-0.4, -0.2) is 34.1 Å². The van der Waals surface area contributed by atoms with Crippen molar-refractivity contribution >= 4 is 35.6 Å². The number of fused-ring (bicyclic) bond motifs is 2. The fourth-order valence-electron chi connectivity index (χ4n) is 3.32. The Bertz CT molecular complexity index is 510. The molecule has 1 aromatic carbocycles. The van der Waals surface area contributed by atoms with Gasteiger partial charge in [-0.15, -0.1) is 12.4 Å². The van der Waals surface area contributed by atoms with Crippen LogP contribution < -0.4 is 5.73 Å². The molecular formula is C14H18Cl2N2O2. The zero-order valence-corrected chi connectivity index (χ0v) is 12.5. The van der Waals surface area contributed by atoms with Gasteiger partial charge in [-0.1, -0.05) is 11.6 Å². The number of nitrogen functional groups attached to an aromatic ring is 1. The number of halogens is 2. The topological polar surface area (TPSA) is 66.6 Å². The number of nitrogens with zero attached hydrogens (tertiary/aromatic N) is 1. The number of rotatable bonds is 1. The maximum absolute atomic E-state index is 12.6. The van der Waals surface area contributed by atoms with Crippen molar-refractivity contribution in [3.8, 4) is 0 Å². The molecule has 1 amide bonds. The standard InChI is InChI=1S/C14H17ClN2O2.ClH/c15-13-5-8(16)1-4-12(13)14(19)17-9-2-3-10(17)7-11(18)6-9;/h1,4-5,9-11,18H,2-3,6-7,16H2;1H. The number of carbonyl (C=O) groups excluding carboxylic acids is 1. The summed E-state index contributed by atoms with van der Waals surface area (Å²) in [6.45, 7) is 0. The summed E-state index contributed by atoms with van der Waals surface area (Å²) in [5, 5.41) is 10.2. The lowest BCUT2D eigenvalue weighted by Crippen LogP contribution is -2.48. The van der Waals surface area contributed by atoms with Crippen molar-refractivity contribution in [1.82, 2.24) is 4.90 Å². The molecule has 2 saturated heterocycles. The van der Waals surface area contributed by atoms with Gasteiger partial charge < -0.3 is 15.7 Å². The average molecular weight is 317 g/mol. The van der Waals surface area contributed by atoms with Crippen molar-refractivity contribution in [2.24, 2.45) is 0 Å². The molecule has 4 nitrogen and oxygen atoms in total. The molecule has 20 heavy (non-hydrogen) atoms. The minimum absolute atomic E-state index is 0. The van der Waals surface area contributed by atoms with E-state index in [2.05, 4.69) is 0 Å². The average Bonchev–Trinajstić information content (AvgIpc) is 2.61. The highest BCUT2D eigenvalue weighted by Crippen LogP contribution is 2.37. The van der Waals surface area contributed by atoms with E-state index in [4.69, 9.17) is 17.3 Å². The van der Waals surface area contributed by atoms with Gasteiger partial charge in [-0.3, -0.25) is 4.79 Å². The summed E-state index contributed by atoms with van der Waals surface area (Å²) >= 11 is 6.11. The van der Waals surface area contributed by atoms with Crippen LogP contribution in [-0.2, 0) is 0 Å². The van der Waals surface area contributed by atoms with E-state index < -0.39 is 0 Å². The van der Waals surface area contributed by atoms with E-state index in [9.17, 15) is 9.90 Å². The first-order valence-electron chi connectivity index (χ1n) is 6.62. The molecule has 0 aromatic heterocycles. The van der Waals surface area contributed by atoms with Gasteiger partial charge in [0.05, 0.1) is 16.7 Å². The van der Waals surface area contributed by atoms with Gasteiger partial charge in [-0.2, -0.15) is 0 Å². The van der Waals surface area contributed by atoms with Gasteiger partial charge in [-0.25, -0.2) is 0 Å². The number of hydrogen-bond acceptors (Lipinski definition) is 3. The van der Waals surface area contributed by atoms with E-state index in [-0.39, 0.29) is 36.5 Å². The van der Waals surface area contributed by atoms with Gasteiger partial charge in [0, 0.05) is 17.8 Å². The molecule has 3 N–H and O–H groups in total. The largest absolute Gasteiger partial charge is 0.399 e. The molecule has 2 unspecified atom stereocenters. The molecule has 2 aliphatic heterocycles. The van der Waals surface area contributed by atoms with E-state index in [0.717, 1.165) is 12.8 Å². The molecule has 110 valence electrons. The molecule has 0 radical (unpaired) electrons. The van der Waals surface area contributed by atoms with E-state index in [0.29, 0.717) is 29.1 Å². The lowest BCUT2D eigenvalue weighted by molar-refractivity contribution is 0.0287. The zero-order valence-electron chi connectivity index (χ0n) is 11.0. The van der Waals surface area contributed by atoms with Crippen molar-refractivity contribution in [2.45, 2.75) is 43.9 Å². The number of aliphatic hydroxyl groups is 1. The Morgan fingerprint density at radius 2 is 1.90 bits per heavy atom. The maximum atomic E-state index is 12.6. The second-order valence-electron chi connectivity index (χ2n) is 5.46. The minimum Gasteiger partial charge on any atom is -0.399 e. The zero-order chi connectivity index (χ0) is 13.6. The number of benzene rings is 1. The Morgan fingerprint density at radius 3 is 2.45 bits per heavy atom. The van der Waals surface area contributed by atoms with Crippen LogP contribution in [0.1, 0.15) is 36.0 Å². The molecule has 0 aliphatic carbocycles. The highest BCUT2D eigenvalue weighted by atomic mass is 35.5. The summed E-state index contributed by atoms with van der Waals surface area (Å²) in [5.41, 5.74) is 6.71. The first kappa shape index (κ1) is 15.4. The third kappa shape index (κ3) is 2.60. The molecule has 0 spiro atoms. The Labute approximate surface area is 129 Å². The summed E-state index contributed by atoms with van der Waals surface area (Å²) in [7, 11) is 0. The van der Waals surface area contributed by atoms with Crippen LogP contribution in [0.25, 0.3) is 0 Å². The van der Waals surface area contributed by atoms with Gasteiger partial charge in [0.25, 0.3) is 5.91 Å². The number of piperidine rings is 1. The number of anilines is 1. The number of aliphatic hydroxyl groups excluding tert-OH is 1. The van der Waals surface area contributed by atoms with Crippen LogP contribution in [0.2, 0.25) is 5.02 Å². The van der Waals surface area contributed by atoms with Gasteiger partial charge in [0.2, 0.25) is 0 Å². The number of amides is 1. The second-order valence-corrected chi connectivity index (χ2v) is 5.87. The molecule has 2 atom stereocenters. The molecule has 2 bridgehead atoms. The number of hydrogen-bond donors (Lipinski definition) is 2. The van der Waals surface area contributed by atoms with Gasteiger partial charge in [-0.05, 0) is 43.9 Å². The van der Waals surface area contributed by atoms with Crippen LogP contribution in [0.5, 0.6) is 0 Å². The van der Waals surface area contributed by atoms with Crippen molar-refractivity contribution in [1.29, 1.82) is 0 Å². The maximum Gasteiger partial charge on any atom is 0.255 e. The normalized spacial score (nSPS) is 28.1. The lowest BCUT2D eigenvalue weighted by atomic mass is 9.98. The summed E-state index contributed by atoms with van der Waals surface area (Å²) in [4.78, 5) is 14.5. The van der Waals surface area contributed by atoms with Crippen molar-refractivity contribution < 1.29 is 9.90 Å². The number of carbonyl (C=O) groups is 1. The third-order valence-corrected chi connectivity index (χ3v) is 4.48. The minimum atomic E-state index is -0.275. The van der Waals surface area contributed by atoms with E-state index in [1.54, 1.807) is 18.2 Å². The predicted octanol–water partition coefficient (Wildman–Crippen LogP) is 2.47. The Balaban J connectivity index is 0.00000147. The summed E-state index contributed by atoms with van der Waals surface area (Å²) < 4.78 is 0. The van der Waals surface area contributed by atoms with Gasteiger partial charge >= 0.3 is 0 Å². The molecule has 2 fully saturated rings.